The van der Waals surface area contributed by atoms with Crippen LogP contribution in [-0.4, -0.2) is 31.5 Å². The second kappa shape index (κ2) is 4.61. The van der Waals surface area contributed by atoms with Crippen molar-refractivity contribution in [3.8, 4) is 11.4 Å². The second-order valence-corrected chi connectivity index (χ2v) is 3.10. The molecule has 0 saturated heterocycles. The predicted octanol–water partition coefficient (Wildman–Crippen LogP) is 0.0839. The van der Waals surface area contributed by atoms with E-state index < -0.39 is 0 Å². The highest BCUT2D eigenvalue weighted by molar-refractivity contribution is 5.50. The molecule has 0 aromatic carbocycles. The van der Waals surface area contributed by atoms with Crippen molar-refractivity contribution in [2.45, 2.75) is 13.0 Å². The van der Waals surface area contributed by atoms with Crippen LogP contribution in [0.1, 0.15) is 6.42 Å². The molecule has 0 radical (unpaired) electrons. The van der Waals surface area contributed by atoms with E-state index >= 15 is 0 Å². The first-order valence-electron chi connectivity index (χ1n) is 4.77. The minimum absolute atomic E-state index is 0.655. The van der Waals surface area contributed by atoms with Gasteiger partial charge < -0.3 is 5.73 Å². The molecule has 2 aromatic heterocycles. The predicted molar refractivity (Wildman–Crippen MR) is 54.7 cm³/mol. The highest BCUT2D eigenvalue weighted by Gasteiger charge is 2.03. The Hall–Kier alpha value is -1.82. The molecule has 0 atom stereocenters. The van der Waals surface area contributed by atoms with Crippen LogP contribution in [0.5, 0.6) is 0 Å². The maximum absolute atomic E-state index is 5.41. The van der Waals surface area contributed by atoms with E-state index in [9.17, 15) is 0 Å². The molecule has 2 N–H and O–H groups in total. The highest BCUT2D eigenvalue weighted by atomic mass is 15.4. The van der Waals surface area contributed by atoms with Crippen LogP contribution in [0.15, 0.2) is 24.8 Å². The van der Waals surface area contributed by atoms with Crippen molar-refractivity contribution in [3.63, 3.8) is 0 Å². The van der Waals surface area contributed by atoms with Gasteiger partial charge in [-0.25, -0.2) is 9.97 Å². The summed E-state index contributed by atoms with van der Waals surface area (Å²) < 4.78 is 1.77. The van der Waals surface area contributed by atoms with Crippen LogP contribution in [0, 0.1) is 0 Å². The first kappa shape index (κ1) is 9.72. The number of hydrogen-bond donors (Lipinski definition) is 1. The number of aromatic nitrogens is 5. The van der Waals surface area contributed by atoms with Gasteiger partial charge in [0, 0.05) is 12.7 Å². The molecule has 2 heterocycles. The molecule has 0 fully saturated rings. The SMILES string of the molecule is NCCCn1cc(-c2ccncn2)nn1. The Bertz CT molecular complexity index is 410. The zero-order chi connectivity index (χ0) is 10.5. The smallest absolute Gasteiger partial charge is 0.131 e. The molecular weight excluding hydrogens is 192 g/mol. The molecule has 0 spiro atoms. The first-order valence-corrected chi connectivity index (χ1v) is 4.77. The summed E-state index contributed by atoms with van der Waals surface area (Å²) in [6, 6.07) is 1.80. The Kier molecular flexibility index (Phi) is 2.99. The van der Waals surface area contributed by atoms with Gasteiger partial charge in [0.05, 0.1) is 11.9 Å². The summed E-state index contributed by atoms with van der Waals surface area (Å²) in [5, 5.41) is 8.00. The Morgan fingerprint density at radius 2 is 2.27 bits per heavy atom. The van der Waals surface area contributed by atoms with Crippen LogP contribution in [0.2, 0.25) is 0 Å². The molecule has 78 valence electrons. The van der Waals surface area contributed by atoms with E-state index in [-0.39, 0.29) is 0 Å². The molecule has 6 nitrogen and oxygen atoms in total. The highest BCUT2D eigenvalue weighted by Crippen LogP contribution is 2.10. The molecule has 0 unspecified atom stereocenters. The van der Waals surface area contributed by atoms with Crippen molar-refractivity contribution >= 4 is 0 Å². The second-order valence-electron chi connectivity index (χ2n) is 3.10. The number of aryl methyl sites for hydroxylation is 1. The average molecular weight is 204 g/mol. The van der Waals surface area contributed by atoms with E-state index in [1.807, 2.05) is 6.20 Å². The topological polar surface area (TPSA) is 82.5 Å². The Labute approximate surface area is 87.2 Å². The Morgan fingerprint density at radius 3 is 3.00 bits per heavy atom. The zero-order valence-electron chi connectivity index (χ0n) is 8.24. The lowest BCUT2D eigenvalue weighted by Gasteiger charge is -1.95. The monoisotopic (exact) mass is 204 g/mol. The van der Waals surface area contributed by atoms with Crippen molar-refractivity contribution in [1.29, 1.82) is 0 Å². The summed E-state index contributed by atoms with van der Waals surface area (Å²) in [4.78, 5) is 7.94. The van der Waals surface area contributed by atoms with E-state index in [4.69, 9.17) is 5.73 Å². The summed E-state index contributed by atoms with van der Waals surface area (Å²) in [6.07, 6.45) is 5.93. The average Bonchev–Trinajstić information content (AvgIpc) is 2.76. The van der Waals surface area contributed by atoms with Crippen molar-refractivity contribution < 1.29 is 0 Å². The van der Waals surface area contributed by atoms with Crippen LogP contribution >= 0.6 is 0 Å². The van der Waals surface area contributed by atoms with Crippen LogP contribution < -0.4 is 5.73 Å². The van der Waals surface area contributed by atoms with E-state index in [1.54, 1.807) is 16.9 Å². The number of nitrogens with two attached hydrogens (primary N) is 1. The van der Waals surface area contributed by atoms with Gasteiger partial charge in [-0.3, -0.25) is 4.68 Å². The summed E-state index contributed by atoms with van der Waals surface area (Å²) in [7, 11) is 0. The molecule has 0 saturated carbocycles. The largest absolute Gasteiger partial charge is 0.330 e. The maximum Gasteiger partial charge on any atom is 0.131 e. The van der Waals surface area contributed by atoms with Gasteiger partial charge in [-0.2, -0.15) is 0 Å². The lowest BCUT2D eigenvalue weighted by molar-refractivity contribution is 0.564. The van der Waals surface area contributed by atoms with Gasteiger partial charge >= 0.3 is 0 Å². The molecule has 15 heavy (non-hydrogen) atoms. The summed E-state index contributed by atoms with van der Waals surface area (Å²) >= 11 is 0. The molecule has 0 aliphatic heterocycles. The number of nitrogens with zero attached hydrogens (tertiary/aromatic N) is 5. The van der Waals surface area contributed by atoms with Gasteiger partial charge in [-0.05, 0) is 19.0 Å². The van der Waals surface area contributed by atoms with Crippen LogP contribution in [-0.2, 0) is 6.54 Å². The van der Waals surface area contributed by atoms with Crippen LogP contribution in [0.3, 0.4) is 0 Å². The minimum Gasteiger partial charge on any atom is -0.330 e. The third-order valence-corrected chi connectivity index (χ3v) is 1.97. The number of hydrogen-bond acceptors (Lipinski definition) is 5. The third-order valence-electron chi connectivity index (χ3n) is 1.97. The van der Waals surface area contributed by atoms with Gasteiger partial charge in [-0.1, -0.05) is 5.21 Å². The van der Waals surface area contributed by atoms with Crippen LogP contribution in [0.4, 0.5) is 0 Å². The van der Waals surface area contributed by atoms with E-state index in [0.29, 0.717) is 6.54 Å². The van der Waals surface area contributed by atoms with Gasteiger partial charge in [0.2, 0.25) is 0 Å². The zero-order valence-corrected chi connectivity index (χ0v) is 8.24. The fourth-order valence-corrected chi connectivity index (χ4v) is 1.22. The van der Waals surface area contributed by atoms with Gasteiger partial charge in [0.25, 0.3) is 0 Å². The van der Waals surface area contributed by atoms with Gasteiger partial charge in [0.15, 0.2) is 0 Å². The van der Waals surface area contributed by atoms with E-state index in [2.05, 4.69) is 20.3 Å². The molecule has 2 rings (SSSR count). The minimum atomic E-state index is 0.655. The first-order chi connectivity index (χ1) is 7.40. The third kappa shape index (κ3) is 2.35. The van der Waals surface area contributed by atoms with E-state index in [0.717, 1.165) is 24.4 Å². The summed E-state index contributed by atoms with van der Waals surface area (Å²) in [5.74, 6) is 0. The molecule has 6 heteroatoms. The number of rotatable bonds is 4. The van der Waals surface area contributed by atoms with Gasteiger partial charge in [0.1, 0.15) is 12.0 Å². The normalized spacial score (nSPS) is 10.5. The van der Waals surface area contributed by atoms with Crippen molar-refractivity contribution in [2.24, 2.45) is 5.73 Å². The molecule has 2 aromatic rings. The fourth-order valence-electron chi connectivity index (χ4n) is 1.22. The quantitative estimate of drug-likeness (QED) is 0.762. The molecule has 0 bridgehead atoms. The fraction of sp³-hybridized carbons (Fsp3) is 0.333. The maximum atomic E-state index is 5.41. The molecular formula is C9H12N6. The van der Waals surface area contributed by atoms with Gasteiger partial charge in [-0.15, -0.1) is 5.10 Å². The molecule has 0 aliphatic carbocycles. The van der Waals surface area contributed by atoms with Crippen molar-refractivity contribution in [1.82, 2.24) is 25.0 Å². The molecule has 0 amide bonds. The Balaban J connectivity index is 2.14. The van der Waals surface area contributed by atoms with E-state index in [1.165, 1.54) is 6.33 Å². The van der Waals surface area contributed by atoms with Crippen molar-refractivity contribution in [2.75, 3.05) is 6.54 Å². The molecule has 0 aliphatic rings. The standard InChI is InChI=1S/C9H12N6/c10-3-1-5-15-6-9(13-14-15)8-2-4-11-7-12-8/h2,4,6-7H,1,3,5,10H2. The Morgan fingerprint density at radius 1 is 1.33 bits per heavy atom. The van der Waals surface area contributed by atoms with Crippen molar-refractivity contribution in [3.05, 3.63) is 24.8 Å². The summed E-state index contributed by atoms with van der Waals surface area (Å²) in [6.45, 7) is 1.44. The van der Waals surface area contributed by atoms with Crippen LogP contribution in [0.25, 0.3) is 11.4 Å². The lowest BCUT2D eigenvalue weighted by atomic mass is 10.3. The lowest BCUT2D eigenvalue weighted by Crippen LogP contribution is -2.06. The summed E-state index contributed by atoms with van der Waals surface area (Å²) in [5.41, 5.74) is 6.95.